The molecule has 0 saturated carbocycles. The van der Waals surface area contributed by atoms with Crippen LogP contribution >= 0.6 is 0 Å². The number of hydroxylamine groups is 1. The molecule has 3 amide bonds. The number of amides is 3. The highest BCUT2D eigenvalue weighted by Crippen LogP contribution is 2.39. The molecule has 0 bridgehead atoms. The van der Waals surface area contributed by atoms with Crippen molar-refractivity contribution in [1.82, 2.24) is 15.4 Å². The Labute approximate surface area is 257 Å². The molecule has 234 valence electrons. The summed E-state index contributed by atoms with van der Waals surface area (Å²) in [6.45, 7) is 1.68. The van der Waals surface area contributed by atoms with E-state index in [9.17, 15) is 32.8 Å². The number of benzene rings is 3. The molecule has 1 unspecified atom stereocenters. The lowest BCUT2D eigenvalue weighted by Crippen LogP contribution is -2.59. The maximum atomic E-state index is 14.1. The highest BCUT2D eigenvalue weighted by atomic mass is 19.4. The zero-order valence-electron chi connectivity index (χ0n) is 24.4. The molecule has 1 saturated heterocycles. The fourth-order valence-electron chi connectivity index (χ4n) is 5.80. The Morgan fingerprint density at radius 1 is 1.02 bits per heavy atom. The number of rotatable bonds is 9. The van der Waals surface area contributed by atoms with E-state index in [-0.39, 0.29) is 44.1 Å². The van der Waals surface area contributed by atoms with Crippen molar-refractivity contribution in [2.45, 2.75) is 44.5 Å². The summed E-state index contributed by atoms with van der Waals surface area (Å²) in [7, 11) is 0. The number of likely N-dealkylation sites (tertiary alicyclic amines) is 1. The molecule has 5 rings (SSSR count). The van der Waals surface area contributed by atoms with Crippen molar-refractivity contribution in [1.29, 1.82) is 0 Å². The van der Waals surface area contributed by atoms with Gasteiger partial charge in [0.2, 0.25) is 11.8 Å². The van der Waals surface area contributed by atoms with Crippen LogP contribution in [0.4, 0.5) is 18.9 Å². The Morgan fingerprint density at radius 2 is 1.71 bits per heavy atom. The van der Waals surface area contributed by atoms with Crippen LogP contribution in [0.3, 0.4) is 0 Å². The number of hydrogen-bond acceptors (Lipinski definition) is 6. The average Bonchev–Trinajstić information content (AvgIpc) is 3.45. The SMILES string of the molecule is Cc1cc(COc2ccc(N(C(=O)C(F)(F)F)C3(CC(=O)NO)CCN(C(=O)Cc4ccccc4)C3)cc2)c2ccccc2n1. The van der Waals surface area contributed by atoms with Gasteiger partial charge in [-0.1, -0.05) is 48.5 Å². The number of anilines is 1. The summed E-state index contributed by atoms with van der Waals surface area (Å²) in [6, 6.07) is 23.8. The largest absolute Gasteiger partial charge is 0.489 e. The lowest BCUT2D eigenvalue weighted by Gasteiger charge is -2.41. The standard InChI is InChI=1S/C33H31F3N4O5/c1-22-17-24(27-9-5-6-10-28(27)37-22)20-45-26-13-11-25(12-14-26)40(31(43)33(34,35)36)32(19-29(41)38-44)15-16-39(21-32)30(42)18-23-7-3-2-4-8-23/h2-14,17,44H,15-16,18-21H2,1H3,(H,38,41). The average molecular weight is 621 g/mol. The summed E-state index contributed by atoms with van der Waals surface area (Å²) in [5, 5.41) is 10.2. The van der Waals surface area contributed by atoms with Crippen LogP contribution in [-0.2, 0) is 27.4 Å². The molecule has 2 heterocycles. The van der Waals surface area contributed by atoms with E-state index in [2.05, 4.69) is 4.98 Å². The summed E-state index contributed by atoms with van der Waals surface area (Å²) in [4.78, 5) is 45.0. The van der Waals surface area contributed by atoms with Crippen molar-refractivity contribution in [3.63, 3.8) is 0 Å². The molecule has 2 N–H and O–H groups in total. The molecule has 3 aromatic carbocycles. The van der Waals surface area contributed by atoms with E-state index >= 15 is 0 Å². The predicted octanol–water partition coefficient (Wildman–Crippen LogP) is 5.13. The van der Waals surface area contributed by atoms with Crippen molar-refractivity contribution in [3.8, 4) is 5.75 Å². The molecule has 1 aliphatic heterocycles. The fraction of sp³-hybridized carbons (Fsp3) is 0.273. The highest BCUT2D eigenvalue weighted by Gasteiger charge is 2.54. The van der Waals surface area contributed by atoms with Gasteiger partial charge in [-0.05, 0) is 55.3 Å². The number of ether oxygens (including phenoxy) is 1. The Bertz CT molecular complexity index is 1700. The molecular formula is C33H31F3N4O5. The van der Waals surface area contributed by atoms with Gasteiger partial charge in [-0.15, -0.1) is 0 Å². The summed E-state index contributed by atoms with van der Waals surface area (Å²) >= 11 is 0. The van der Waals surface area contributed by atoms with Gasteiger partial charge in [0.15, 0.2) is 0 Å². The molecule has 1 atom stereocenters. The van der Waals surface area contributed by atoms with Crippen LogP contribution in [0.15, 0.2) is 84.9 Å². The molecule has 1 aliphatic rings. The molecule has 1 aromatic heterocycles. The van der Waals surface area contributed by atoms with Crippen LogP contribution in [-0.4, -0.2) is 57.6 Å². The van der Waals surface area contributed by atoms with Gasteiger partial charge in [0.1, 0.15) is 12.4 Å². The Hall–Kier alpha value is -4.97. The number of pyridine rings is 1. The minimum absolute atomic E-state index is 0.00530. The van der Waals surface area contributed by atoms with E-state index in [1.807, 2.05) is 37.3 Å². The Balaban J connectivity index is 1.43. The lowest BCUT2D eigenvalue weighted by molar-refractivity contribution is -0.172. The van der Waals surface area contributed by atoms with Crippen molar-refractivity contribution < 1.29 is 37.5 Å². The maximum absolute atomic E-state index is 14.1. The second kappa shape index (κ2) is 12.9. The van der Waals surface area contributed by atoms with Gasteiger partial charge in [0.05, 0.1) is 23.9 Å². The number of aromatic nitrogens is 1. The van der Waals surface area contributed by atoms with Crippen LogP contribution < -0.4 is 15.1 Å². The number of halogens is 3. The van der Waals surface area contributed by atoms with Crippen LogP contribution in [0, 0.1) is 6.92 Å². The zero-order chi connectivity index (χ0) is 32.2. The third-order valence-electron chi connectivity index (χ3n) is 7.84. The van der Waals surface area contributed by atoms with Crippen molar-refractivity contribution in [2.75, 3.05) is 18.0 Å². The summed E-state index contributed by atoms with van der Waals surface area (Å²) in [6.07, 6.45) is -6.10. The Morgan fingerprint density at radius 3 is 2.40 bits per heavy atom. The molecule has 0 radical (unpaired) electrons. The minimum atomic E-state index is -5.29. The van der Waals surface area contributed by atoms with E-state index in [1.165, 1.54) is 34.6 Å². The normalized spacial score (nSPS) is 16.4. The van der Waals surface area contributed by atoms with Gasteiger partial charge in [0.25, 0.3) is 0 Å². The minimum Gasteiger partial charge on any atom is -0.489 e. The fourth-order valence-corrected chi connectivity index (χ4v) is 5.80. The summed E-state index contributed by atoms with van der Waals surface area (Å²) in [5.41, 5.74) is 2.71. The van der Waals surface area contributed by atoms with Gasteiger partial charge in [-0.3, -0.25) is 29.5 Å². The van der Waals surface area contributed by atoms with Gasteiger partial charge in [-0.25, -0.2) is 5.48 Å². The van der Waals surface area contributed by atoms with Crippen LogP contribution in [0.1, 0.15) is 29.7 Å². The number of nitrogens with one attached hydrogen (secondary N) is 1. The number of aryl methyl sites for hydroxylation is 1. The monoisotopic (exact) mass is 620 g/mol. The first-order valence-corrected chi connectivity index (χ1v) is 14.2. The quantitative estimate of drug-likeness (QED) is 0.198. The smallest absolute Gasteiger partial charge is 0.471 e. The van der Waals surface area contributed by atoms with Crippen LogP contribution in [0.2, 0.25) is 0 Å². The van der Waals surface area contributed by atoms with E-state index in [1.54, 1.807) is 30.3 Å². The van der Waals surface area contributed by atoms with Crippen LogP contribution in [0.25, 0.3) is 10.9 Å². The van der Waals surface area contributed by atoms with Gasteiger partial charge in [-0.2, -0.15) is 13.2 Å². The molecule has 12 heteroatoms. The topological polar surface area (TPSA) is 112 Å². The summed E-state index contributed by atoms with van der Waals surface area (Å²) in [5.74, 6) is -3.22. The lowest BCUT2D eigenvalue weighted by atomic mass is 9.90. The van der Waals surface area contributed by atoms with E-state index in [4.69, 9.17) is 4.74 Å². The van der Waals surface area contributed by atoms with Crippen LogP contribution in [0.5, 0.6) is 5.75 Å². The number of carbonyl (C=O) groups excluding carboxylic acids is 3. The molecule has 45 heavy (non-hydrogen) atoms. The third kappa shape index (κ3) is 7.07. The van der Waals surface area contributed by atoms with Gasteiger partial charge in [0, 0.05) is 35.4 Å². The van der Waals surface area contributed by atoms with Crippen molar-refractivity contribution in [2.24, 2.45) is 0 Å². The van der Waals surface area contributed by atoms with Gasteiger partial charge >= 0.3 is 12.1 Å². The highest BCUT2D eigenvalue weighted by molar-refractivity contribution is 6.00. The van der Waals surface area contributed by atoms with Crippen molar-refractivity contribution >= 4 is 34.3 Å². The number of alkyl halides is 3. The number of para-hydroxylation sites is 1. The van der Waals surface area contributed by atoms with E-state index in [0.717, 1.165) is 22.2 Å². The predicted molar refractivity (Wildman–Crippen MR) is 159 cm³/mol. The first-order chi connectivity index (χ1) is 21.5. The second-order valence-electron chi connectivity index (χ2n) is 11.0. The first kappa shape index (κ1) is 31.5. The van der Waals surface area contributed by atoms with Crippen molar-refractivity contribution in [3.05, 3.63) is 102 Å². The van der Waals surface area contributed by atoms with Gasteiger partial charge < -0.3 is 9.64 Å². The number of fused-ring (bicyclic) bond motifs is 1. The first-order valence-electron chi connectivity index (χ1n) is 14.2. The molecular weight excluding hydrogens is 589 g/mol. The van der Waals surface area contributed by atoms with E-state index in [0.29, 0.717) is 16.2 Å². The zero-order valence-corrected chi connectivity index (χ0v) is 24.4. The number of nitrogens with zero attached hydrogens (tertiary/aromatic N) is 3. The number of carbonyl (C=O) groups is 3. The molecule has 0 spiro atoms. The third-order valence-corrected chi connectivity index (χ3v) is 7.84. The molecule has 0 aliphatic carbocycles. The molecule has 9 nitrogen and oxygen atoms in total. The summed E-state index contributed by atoms with van der Waals surface area (Å²) < 4.78 is 48.2. The molecule has 4 aromatic rings. The molecule has 1 fully saturated rings. The second-order valence-corrected chi connectivity index (χ2v) is 11.0. The van der Waals surface area contributed by atoms with E-state index < -0.39 is 30.0 Å². The maximum Gasteiger partial charge on any atom is 0.471 e. The number of hydrogen-bond donors (Lipinski definition) is 2. The Kier molecular flexibility index (Phi) is 9.05.